The minimum absolute atomic E-state index is 0.718. The van der Waals surface area contributed by atoms with Gasteiger partial charge in [-0.05, 0) is 34.9 Å². The van der Waals surface area contributed by atoms with E-state index in [1.807, 2.05) is 24.3 Å². The van der Waals surface area contributed by atoms with Gasteiger partial charge in [0.25, 0.3) is 0 Å². The summed E-state index contributed by atoms with van der Waals surface area (Å²) in [5.41, 5.74) is 6.39. The molecule has 124 valence electrons. The molecule has 5 rings (SSSR count). The van der Waals surface area contributed by atoms with E-state index >= 15 is 0 Å². The second-order valence-corrected chi connectivity index (χ2v) is 6.77. The smallest absolute Gasteiger partial charge is 0.143 e. The minimum Gasteiger partial charge on any atom is -0.455 e. The Morgan fingerprint density at radius 3 is 2.15 bits per heavy atom. The number of furan rings is 1. The maximum atomic E-state index is 6.23. The molecular formula is C24H15ClO. The van der Waals surface area contributed by atoms with E-state index in [0.29, 0.717) is 0 Å². The summed E-state index contributed by atoms with van der Waals surface area (Å²) in [6.07, 6.45) is 0. The van der Waals surface area contributed by atoms with Gasteiger partial charge in [-0.25, -0.2) is 0 Å². The van der Waals surface area contributed by atoms with Crippen LogP contribution in [0.5, 0.6) is 0 Å². The van der Waals surface area contributed by atoms with E-state index in [1.165, 1.54) is 11.1 Å². The van der Waals surface area contributed by atoms with Gasteiger partial charge in [0.15, 0.2) is 0 Å². The molecule has 5 aromatic rings. The molecule has 26 heavy (non-hydrogen) atoms. The van der Waals surface area contributed by atoms with Gasteiger partial charge in [-0.1, -0.05) is 84.4 Å². The van der Waals surface area contributed by atoms with Gasteiger partial charge in [-0.3, -0.25) is 0 Å². The molecule has 1 heterocycles. The largest absolute Gasteiger partial charge is 0.455 e. The molecule has 0 saturated heterocycles. The lowest BCUT2D eigenvalue weighted by molar-refractivity contribution is 0.670. The van der Waals surface area contributed by atoms with Crippen LogP contribution in [-0.2, 0) is 0 Å². The van der Waals surface area contributed by atoms with Crippen LogP contribution in [0, 0.1) is 0 Å². The molecule has 1 nitrogen and oxygen atoms in total. The molecule has 0 aliphatic heterocycles. The first-order chi connectivity index (χ1) is 12.8. The molecule has 0 N–H and O–H groups in total. The average molecular weight is 355 g/mol. The summed E-state index contributed by atoms with van der Waals surface area (Å²) in [6.45, 7) is 0. The maximum absolute atomic E-state index is 6.23. The Hall–Kier alpha value is -3.03. The third-order valence-electron chi connectivity index (χ3n) is 4.76. The van der Waals surface area contributed by atoms with E-state index in [9.17, 15) is 0 Å². The number of hydrogen-bond acceptors (Lipinski definition) is 1. The summed E-state index contributed by atoms with van der Waals surface area (Å²) in [5, 5.41) is 2.85. The maximum Gasteiger partial charge on any atom is 0.143 e. The van der Waals surface area contributed by atoms with E-state index in [0.717, 1.165) is 38.1 Å². The molecule has 4 aromatic carbocycles. The Kier molecular flexibility index (Phi) is 3.55. The topological polar surface area (TPSA) is 13.1 Å². The third kappa shape index (κ3) is 2.40. The molecule has 0 amide bonds. The van der Waals surface area contributed by atoms with Crippen molar-refractivity contribution in [3.8, 4) is 22.3 Å². The summed E-state index contributed by atoms with van der Waals surface area (Å²) in [5.74, 6) is 0. The zero-order valence-corrected chi connectivity index (χ0v) is 14.7. The molecule has 0 saturated carbocycles. The monoisotopic (exact) mass is 354 g/mol. The quantitative estimate of drug-likeness (QED) is 0.318. The zero-order chi connectivity index (χ0) is 17.5. The predicted octanol–water partition coefficient (Wildman–Crippen LogP) is 7.57. The van der Waals surface area contributed by atoms with Crippen molar-refractivity contribution < 1.29 is 4.42 Å². The van der Waals surface area contributed by atoms with E-state index in [-0.39, 0.29) is 0 Å². The standard InChI is InChI=1S/C24H15ClO/c25-17-13-14-23-22(15-17)21-12-6-11-20(24(21)26-23)19-10-5-4-9-18(19)16-7-2-1-3-8-16/h1-15H. The number of fused-ring (bicyclic) bond motifs is 3. The second-order valence-electron chi connectivity index (χ2n) is 6.34. The Balaban J connectivity index is 1.83. The average Bonchev–Trinajstić information content (AvgIpc) is 3.07. The molecule has 0 fully saturated rings. The van der Waals surface area contributed by atoms with Gasteiger partial charge in [0, 0.05) is 21.4 Å². The summed E-state index contributed by atoms with van der Waals surface area (Å²) >= 11 is 6.20. The van der Waals surface area contributed by atoms with Crippen molar-refractivity contribution in [3.05, 3.63) is 96.0 Å². The van der Waals surface area contributed by atoms with Crippen LogP contribution in [0.2, 0.25) is 5.02 Å². The van der Waals surface area contributed by atoms with Gasteiger partial charge in [0.1, 0.15) is 11.2 Å². The van der Waals surface area contributed by atoms with Gasteiger partial charge in [-0.2, -0.15) is 0 Å². The summed E-state index contributed by atoms with van der Waals surface area (Å²) in [4.78, 5) is 0. The number of halogens is 1. The molecular weight excluding hydrogens is 340 g/mol. The van der Waals surface area contributed by atoms with Gasteiger partial charge in [0.2, 0.25) is 0 Å². The van der Waals surface area contributed by atoms with E-state index in [1.54, 1.807) is 0 Å². The molecule has 0 radical (unpaired) electrons. The van der Waals surface area contributed by atoms with Crippen LogP contribution in [0.1, 0.15) is 0 Å². The SMILES string of the molecule is Clc1ccc2oc3c(-c4ccccc4-c4ccccc4)cccc3c2c1. The highest BCUT2D eigenvalue weighted by Crippen LogP contribution is 2.40. The predicted molar refractivity (Wildman–Crippen MR) is 110 cm³/mol. The molecule has 0 aliphatic rings. The summed E-state index contributed by atoms with van der Waals surface area (Å²) in [6, 6.07) is 30.9. The van der Waals surface area contributed by atoms with Crippen LogP contribution in [0.4, 0.5) is 0 Å². The first-order valence-corrected chi connectivity index (χ1v) is 8.95. The van der Waals surface area contributed by atoms with Crippen LogP contribution in [-0.4, -0.2) is 0 Å². The lowest BCUT2D eigenvalue weighted by Gasteiger charge is -2.10. The van der Waals surface area contributed by atoms with Crippen molar-refractivity contribution in [1.29, 1.82) is 0 Å². The lowest BCUT2D eigenvalue weighted by Crippen LogP contribution is -1.85. The fourth-order valence-electron chi connectivity index (χ4n) is 3.57. The van der Waals surface area contributed by atoms with Crippen LogP contribution in [0.15, 0.2) is 95.4 Å². The van der Waals surface area contributed by atoms with Crippen molar-refractivity contribution in [2.75, 3.05) is 0 Å². The summed E-state index contributed by atoms with van der Waals surface area (Å²) < 4.78 is 6.23. The van der Waals surface area contributed by atoms with E-state index in [2.05, 4.69) is 66.7 Å². The number of hydrogen-bond donors (Lipinski definition) is 0. The highest BCUT2D eigenvalue weighted by atomic mass is 35.5. The van der Waals surface area contributed by atoms with Crippen molar-refractivity contribution in [2.45, 2.75) is 0 Å². The molecule has 0 atom stereocenters. The molecule has 2 heteroatoms. The number of benzene rings is 4. The van der Waals surface area contributed by atoms with E-state index in [4.69, 9.17) is 16.0 Å². The number of para-hydroxylation sites is 1. The molecule has 0 spiro atoms. The molecule has 0 aliphatic carbocycles. The van der Waals surface area contributed by atoms with Crippen molar-refractivity contribution in [3.63, 3.8) is 0 Å². The highest BCUT2D eigenvalue weighted by Gasteiger charge is 2.15. The first-order valence-electron chi connectivity index (χ1n) is 8.57. The normalized spacial score (nSPS) is 11.3. The Morgan fingerprint density at radius 2 is 1.31 bits per heavy atom. The third-order valence-corrected chi connectivity index (χ3v) is 5.00. The Bertz CT molecular complexity index is 1240. The van der Waals surface area contributed by atoms with Crippen LogP contribution in [0.3, 0.4) is 0 Å². The van der Waals surface area contributed by atoms with Gasteiger partial charge in [0.05, 0.1) is 0 Å². The Labute approximate surface area is 156 Å². The fraction of sp³-hybridized carbons (Fsp3) is 0. The minimum atomic E-state index is 0.718. The summed E-state index contributed by atoms with van der Waals surface area (Å²) in [7, 11) is 0. The van der Waals surface area contributed by atoms with E-state index < -0.39 is 0 Å². The molecule has 0 bridgehead atoms. The van der Waals surface area contributed by atoms with Gasteiger partial charge < -0.3 is 4.42 Å². The Morgan fingerprint density at radius 1 is 0.577 bits per heavy atom. The van der Waals surface area contributed by atoms with Crippen LogP contribution < -0.4 is 0 Å². The van der Waals surface area contributed by atoms with Crippen molar-refractivity contribution in [1.82, 2.24) is 0 Å². The van der Waals surface area contributed by atoms with Gasteiger partial charge in [-0.15, -0.1) is 0 Å². The van der Waals surface area contributed by atoms with Crippen molar-refractivity contribution in [2.24, 2.45) is 0 Å². The fourth-order valence-corrected chi connectivity index (χ4v) is 3.74. The number of rotatable bonds is 2. The molecule has 0 unspecified atom stereocenters. The van der Waals surface area contributed by atoms with Crippen LogP contribution >= 0.6 is 11.6 Å². The first kappa shape index (κ1) is 15.2. The van der Waals surface area contributed by atoms with Crippen LogP contribution in [0.25, 0.3) is 44.2 Å². The van der Waals surface area contributed by atoms with Gasteiger partial charge >= 0.3 is 0 Å². The lowest BCUT2D eigenvalue weighted by atomic mass is 9.93. The highest BCUT2D eigenvalue weighted by molar-refractivity contribution is 6.31. The second kappa shape index (κ2) is 6.05. The van der Waals surface area contributed by atoms with Crippen molar-refractivity contribution >= 4 is 33.5 Å². The molecule has 1 aromatic heterocycles. The zero-order valence-electron chi connectivity index (χ0n) is 13.9.